The second kappa shape index (κ2) is 4.94. The average Bonchev–Trinajstić information content (AvgIpc) is 2.63. The Kier molecular flexibility index (Phi) is 3.36. The van der Waals surface area contributed by atoms with E-state index in [-0.39, 0.29) is 12.3 Å². The Hall–Kier alpha value is -1.62. The summed E-state index contributed by atoms with van der Waals surface area (Å²) in [6.07, 6.45) is 4.28. The van der Waals surface area contributed by atoms with E-state index in [1.165, 1.54) is 9.08 Å². The van der Waals surface area contributed by atoms with Crippen molar-refractivity contribution in [2.24, 2.45) is 0 Å². The van der Waals surface area contributed by atoms with Gasteiger partial charge in [0.25, 0.3) is 0 Å². The SMILES string of the molecule is O=c1n(CCCCCO)nc2ccccn12. The second-order valence-corrected chi connectivity index (χ2v) is 3.72. The first-order valence-corrected chi connectivity index (χ1v) is 5.48. The molecule has 5 nitrogen and oxygen atoms in total. The fraction of sp³-hybridized carbons (Fsp3) is 0.455. The average molecular weight is 221 g/mol. The molecule has 0 aliphatic rings. The molecule has 0 fully saturated rings. The normalized spacial score (nSPS) is 11.1. The lowest BCUT2D eigenvalue weighted by Crippen LogP contribution is -2.21. The van der Waals surface area contributed by atoms with Gasteiger partial charge in [0.2, 0.25) is 0 Å². The first kappa shape index (κ1) is 10.9. The highest BCUT2D eigenvalue weighted by molar-refractivity contribution is 5.35. The Morgan fingerprint density at radius 3 is 2.88 bits per heavy atom. The number of rotatable bonds is 5. The molecule has 0 spiro atoms. The Balaban J connectivity index is 2.13. The van der Waals surface area contributed by atoms with Crippen LogP contribution in [0.5, 0.6) is 0 Å². The van der Waals surface area contributed by atoms with E-state index in [9.17, 15) is 4.79 Å². The van der Waals surface area contributed by atoms with Crippen molar-refractivity contribution in [2.75, 3.05) is 6.61 Å². The van der Waals surface area contributed by atoms with E-state index in [0.717, 1.165) is 19.3 Å². The predicted octanol–water partition coefficient (Wildman–Crippen LogP) is 0.659. The third-order valence-corrected chi connectivity index (χ3v) is 2.52. The minimum atomic E-state index is -0.0976. The van der Waals surface area contributed by atoms with Crippen LogP contribution in [0.15, 0.2) is 29.2 Å². The van der Waals surface area contributed by atoms with Gasteiger partial charge in [-0.05, 0) is 31.4 Å². The molecule has 0 saturated heterocycles. The van der Waals surface area contributed by atoms with Crippen LogP contribution in [0.4, 0.5) is 0 Å². The molecular weight excluding hydrogens is 206 g/mol. The van der Waals surface area contributed by atoms with Crippen LogP contribution in [0.1, 0.15) is 19.3 Å². The number of aryl methyl sites for hydroxylation is 1. The quantitative estimate of drug-likeness (QED) is 0.754. The standard InChI is InChI=1S/C11H15N3O2/c15-9-5-1-3-8-14-11(16)13-7-4-2-6-10(13)12-14/h2,4,6-7,15H,1,3,5,8-9H2. The maximum Gasteiger partial charge on any atom is 0.350 e. The molecule has 86 valence electrons. The van der Waals surface area contributed by atoms with E-state index < -0.39 is 0 Å². The molecule has 16 heavy (non-hydrogen) atoms. The molecule has 2 heterocycles. The summed E-state index contributed by atoms with van der Waals surface area (Å²) in [6.45, 7) is 0.820. The van der Waals surface area contributed by atoms with Crippen LogP contribution >= 0.6 is 0 Å². The predicted molar refractivity (Wildman–Crippen MR) is 60.4 cm³/mol. The van der Waals surface area contributed by atoms with E-state index in [1.54, 1.807) is 6.20 Å². The van der Waals surface area contributed by atoms with E-state index in [0.29, 0.717) is 12.2 Å². The molecule has 0 aromatic carbocycles. The smallest absolute Gasteiger partial charge is 0.350 e. The molecule has 2 aromatic heterocycles. The largest absolute Gasteiger partial charge is 0.396 e. The van der Waals surface area contributed by atoms with Crippen molar-refractivity contribution in [3.63, 3.8) is 0 Å². The number of pyridine rings is 1. The topological polar surface area (TPSA) is 59.5 Å². The zero-order chi connectivity index (χ0) is 11.4. The summed E-state index contributed by atoms with van der Waals surface area (Å²) in [6, 6.07) is 5.48. The van der Waals surface area contributed by atoms with Gasteiger partial charge >= 0.3 is 5.69 Å². The maximum atomic E-state index is 11.8. The minimum Gasteiger partial charge on any atom is -0.396 e. The van der Waals surface area contributed by atoms with Crippen molar-refractivity contribution in [1.29, 1.82) is 0 Å². The molecule has 0 aliphatic heterocycles. The fourth-order valence-corrected chi connectivity index (χ4v) is 1.66. The summed E-state index contributed by atoms with van der Waals surface area (Å²) in [5.74, 6) is 0. The first-order valence-electron chi connectivity index (χ1n) is 5.48. The summed E-state index contributed by atoms with van der Waals surface area (Å²) in [7, 11) is 0. The molecule has 0 unspecified atom stereocenters. The number of aromatic nitrogens is 3. The van der Waals surface area contributed by atoms with Crippen molar-refractivity contribution in [3.05, 3.63) is 34.9 Å². The molecule has 2 aromatic rings. The Morgan fingerprint density at radius 1 is 1.25 bits per heavy atom. The molecule has 0 aliphatic carbocycles. The van der Waals surface area contributed by atoms with Crippen LogP contribution in [-0.2, 0) is 6.54 Å². The van der Waals surface area contributed by atoms with Crippen LogP contribution in [0.2, 0.25) is 0 Å². The van der Waals surface area contributed by atoms with Crippen molar-refractivity contribution in [1.82, 2.24) is 14.2 Å². The molecular formula is C11H15N3O2. The second-order valence-electron chi connectivity index (χ2n) is 3.72. The van der Waals surface area contributed by atoms with Gasteiger partial charge in [0.1, 0.15) is 0 Å². The van der Waals surface area contributed by atoms with Gasteiger partial charge in [-0.15, -0.1) is 5.10 Å². The number of aliphatic hydroxyl groups excluding tert-OH is 1. The number of nitrogens with zero attached hydrogens (tertiary/aromatic N) is 3. The summed E-state index contributed by atoms with van der Waals surface area (Å²) in [4.78, 5) is 11.8. The molecule has 5 heteroatoms. The van der Waals surface area contributed by atoms with Gasteiger partial charge in [0.05, 0.1) is 0 Å². The van der Waals surface area contributed by atoms with Gasteiger partial charge in [-0.25, -0.2) is 9.48 Å². The van der Waals surface area contributed by atoms with Gasteiger partial charge in [-0.2, -0.15) is 0 Å². The number of unbranched alkanes of at least 4 members (excludes halogenated alkanes) is 2. The lowest BCUT2D eigenvalue weighted by atomic mass is 10.2. The molecule has 0 radical (unpaired) electrons. The van der Waals surface area contributed by atoms with Crippen molar-refractivity contribution in [2.45, 2.75) is 25.8 Å². The van der Waals surface area contributed by atoms with Gasteiger partial charge in [0, 0.05) is 19.3 Å². The van der Waals surface area contributed by atoms with Crippen LogP contribution in [0.25, 0.3) is 5.65 Å². The highest BCUT2D eigenvalue weighted by atomic mass is 16.2. The number of aliphatic hydroxyl groups is 1. The number of fused-ring (bicyclic) bond motifs is 1. The van der Waals surface area contributed by atoms with Crippen molar-refractivity contribution < 1.29 is 5.11 Å². The highest BCUT2D eigenvalue weighted by Crippen LogP contribution is 1.99. The molecule has 0 amide bonds. The third kappa shape index (κ3) is 2.14. The Bertz CT molecular complexity index is 515. The van der Waals surface area contributed by atoms with Crippen LogP contribution in [0, 0.1) is 0 Å². The van der Waals surface area contributed by atoms with E-state index in [1.807, 2.05) is 18.2 Å². The summed E-state index contributed by atoms with van der Waals surface area (Å²) >= 11 is 0. The number of hydrogen-bond acceptors (Lipinski definition) is 3. The zero-order valence-corrected chi connectivity index (χ0v) is 9.04. The molecule has 1 N–H and O–H groups in total. The van der Waals surface area contributed by atoms with Gasteiger partial charge in [0.15, 0.2) is 5.65 Å². The number of hydrogen-bond donors (Lipinski definition) is 1. The van der Waals surface area contributed by atoms with Crippen LogP contribution in [-0.4, -0.2) is 25.9 Å². The van der Waals surface area contributed by atoms with E-state index in [2.05, 4.69) is 5.10 Å². The van der Waals surface area contributed by atoms with Gasteiger partial charge < -0.3 is 5.11 Å². The maximum absolute atomic E-state index is 11.8. The first-order chi connectivity index (χ1) is 7.83. The summed E-state index contributed by atoms with van der Waals surface area (Å²) in [5.41, 5.74) is 0.578. The Labute approximate surface area is 92.9 Å². The monoisotopic (exact) mass is 221 g/mol. The molecule has 0 bridgehead atoms. The molecule has 0 atom stereocenters. The van der Waals surface area contributed by atoms with E-state index in [4.69, 9.17) is 5.11 Å². The third-order valence-electron chi connectivity index (χ3n) is 2.52. The van der Waals surface area contributed by atoms with E-state index >= 15 is 0 Å². The molecule has 0 saturated carbocycles. The zero-order valence-electron chi connectivity index (χ0n) is 9.04. The van der Waals surface area contributed by atoms with Crippen molar-refractivity contribution >= 4 is 5.65 Å². The van der Waals surface area contributed by atoms with Gasteiger partial charge in [-0.1, -0.05) is 6.07 Å². The minimum absolute atomic E-state index is 0.0976. The van der Waals surface area contributed by atoms with Crippen molar-refractivity contribution in [3.8, 4) is 0 Å². The summed E-state index contributed by atoms with van der Waals surface area (Å²) < 4.78 is 3.01. The lowest BCUT2D eigenvalue weighted by Gasteiger charge is -1.97. The Morgan fingerprint density at radius 2 is 2.12 bits per heavy atom. The molecule has 2 rings (SSSR count). The lowest BCUT2D eigenvalue weighted by molar-refractivity contribution is 0.281. The van der Waals surface area contributed by atoms with Gasteiger partial charge in [-0.3, -0.25) is 4.40 Å². The fourth-order valence-electron chi connectivity index (χ4n) is 1.66. The van der Waals surface area contributed by atoms with Crippen LogP contribution in [0.3, 0.4) is 0 Å². The van der Waals surface area contributed by atoms with Crippen LogP contribution < -0.4 is 5.69 Å². The highest BCUT2D eigenvalue weighted by Gasteiger charge is 2.04. The summed E-state index contributed by atoms with van der Waals surface area (Å²) in [5, 5.41) is 12.9.